The SMILES string of the molecule is Cc1sc(C(=O)NN)cc1CN1CCSC1=O. The molecule has 0 atom stereocenters. The van der Waals surface area contributed by atoms with Crippen molar-refractivity contribution in [1.29, 1.82) is 0 Å². The molecule has 5 nitrogen and oxygen atoms in total. The Morgan fingerprint density at radius 1 is 1.65 bits per heavy atom. The van der Waals surface area contributed by atoms with Crippen molar-refractivity contribution in [2.75, 3.05) is 12.3 Å². The minimum Gasteiger partial charge on any atom is -0.328 e. The summed E-state index contributed by atoms with van der Waals surface area (Å²) in [6.45, 7) is 3.30. The van der Waals surface area contributed by atoms with Gasteiger partial charge in [0.2, 0.25) is 0 Å². The number of aryl methyl sites for hydroxylation is 1. The molecule has 0 aromatic carbocycles. The van der Waals surface area contributed by atoms with Crippen LogP contribution in [-0.4, -0.2) is 28.3 Å². The number of hydrogen-bond donors (Lipinski definition) is 2. The molecule has 2 rings (SSSR count). The quantitative estimate of drug-likeness (QED) is 0.494. The predicted molar refractivity (Wildman–Crippen MR) is 69.0 cm³/mol. The zero-order valence-electron chi connectivity index (χ0n) is 9.36. The van der Waals surface area contributed by atoms with Crippen molar-refractivity contribution in [2.24, 2.45) is 5.84 Å². The first kappa shape index (κ1) is 12.4. The molecule has 7 heteroatoms. The van der Waals surface area contributed by atoms with E-state index in [9.17, 15) is 9.59 Å². The number of nitrogens with one attached hydrogen (secondary N) is 1. The lowest BCUT2D eigenvalue weighted by Crippen LogP contribution is -2.29. The molecular weight excluding hydrogens is 258 g/mol. The van der Waals surface area contributed by atoms with E-state index in [-0.39, 0.29) is 11.1 Å². The fourth-order valence-corrected chi connectivity index (χ4v) is 3.40. The van der Waals surface area contributed by atoms with Crippen molar-refractivity contribution in [3.05, 3.63) is 21.4 Å². The minimum atomic E-state index is -0.286. The highest BCUT2D eigenvalue weighted by Crippen LogP contribution is 2.26. The third-order valence-corrected chi connectivity index (χ3v) is 4.56. The number of hydrazine groups is 1. The summed E-state index contributed by atoms with van der Waals surface area (Å²) in [4.78, 5) is 26.3. The molecule has 0 spiro atoms. The highest BCUT2D eigenvalue weighted by molar-refractivity contribution is 8.13. The van der Waals surface area contributed by atoms with Gasteiger partial charge in [0.25, 0.3) is 11.1 Å². The Morgan fingerprint density at radius 2 is 2.41 bits per heavy atom. The van der Waals surface area contributed by atoms with E-state index in [1.165, 1.54) is 23.1 Å². The summed E-state index contributed by atoms with van der Waals surface area (Å²) in [5.74, 6) is 5.65. The van der Waals surface area contributed by atoms with Crippen molar-refractivity contribution in [2.45, 2.75) is 13.5 Å². The summed E-state index contributed by atoms with van der Waals surface area (Å²) in [6, 6.07) is 1.80. The molecule has 1 fully saturated rings. The maximum atomic E-state index is 11.5. The second-order valence-electron chi connectivity index (χ2n) is 3.70. The van der Waals surface area contributed by atoms with E-state index in [0.29, 0.717) is 11.4 Å². The number of nitrogens with zero attached hydrogens (tertiary/aromatic N) is 1. The first-order chi connectivity index (χ1) is 8.11. The van der Waals surface area contributed by atoms with Gasteiger partial charge in [0.1, 0.15) is 0 Å². The average molecular weight is 271 g/mol. The first-order valence-electron chi connectivity index (χ1n) is 5.13. The lowest BCUT2D eigenvalue weighted by atomic mass is 10.2. The Hall–Kier alpha value is -1.05. The molecule has 0 bridgehead atoms. The molecule has 0 unspecified atom stereocenters. The highest BCUT2D eigenvalue weighted by Gasteiger charge is 2.22. The second-order valence-corrected chi connectivity index (χ2v) is 6.00. The molecule has 0 radical (unpaired) electrons. The fourth-order valence-electron chi connectivity index (χ4n) is 1.63. The van der Waals surface area contributed by atoms with Crippen molar-refractivity contribution in [1.82, 2.24) is 10.3 Å². The Balaban J connectivity index is 2.13. The standard InChI is InChI=1S/C10H13N3O2S2/c1-6-7(4-8(17-6)9(14)12-11)5-13-2-3-16-10(13)15/h4H,2-3,5,11H2,1H3,(H,12,14). The van der Waals surface area contributed by atoms with Crippen LogP contribution in [0.25, 0.3) is 0 Å². The van der Waals surface area contributed by atoms with E-state index in [0.717, 1.165) is 22.7 Å². The zero-order chi connectivity index (χ0) is 12.4. The Morgan fingerprint density at radius 3 is 3.00 bits per heavy atom. The summed E-state index contributed by atoms with van der Waals surface area (Å²) >= 11 is 2.73. The number of nitrogens with two attached hydrogens (primary N) is 1. The molecule has 1 saturated heterocycles. The molecule has 1 aliphatic rings. The van der Waals surface area contributed by atoms with E-state index in [1.807, 2.05) is 6.92 Å². The fraction of sp³-hybridized carbons (Fsp3) is 0.400. The Bertz CT molecular complexity index is 458. The molecule has 17 heavy (non-hydrogen) atoms. The van der Waals surface area contributed by atoms with Crippen LogP contribution >= 0.6 is 23.1 Å². The highest BCUT2D eigenvalue weighted by atomic mass is 32.2. The molecule has 0 saturated carbocycles. The summed E-state index contributed by atoms with van der Waals surface area (Å²) in [7, 11) is 0. The number of thiophene rings is 1. The van der Waals surface area contributed by atoms with Gasteiger partial charge in [-0.3, -0.25) is 15.0 Å². The van der Waals surface area contributed by atoms with E-state index in [4.69, 9.17) is 5.84 Å². The van der Waals surface area contributed by atoms with Crippen LogP contribution in [0.5, 0.6) is 0 Å². The van der Waals surface area contributed by atoms with E-state index >= 15 is 0 Å². The molecule has 1 aliphatic heterocycles. The summed E-state index contributed by atoms with van der Waals surface area (Å²) < 4.78 is 0. The molecule has 1 aromatic heterocycles. The number of amides is 2. The Labute approximate surface area is 107 Å². The van der Waals surface area contributed by atoms with Gasteiger partial charge in [-0.1, -0.05) is 11.8 Å². The normalized spacial score (nSPS) is 15.4. The number of hydrogen-bond acceptors (Lipinski definition) is 5. The van der Waals surface area contributed by atoms with Crippen LogP contribution in [0.3, 0.4) is 0 Å². The van der Waals surface area contributed by atoms with Crippen LogP contribution in [0.1, 0.15) is 20.1 Å². The predicted octanol–water partition coefficient (Wildman–Crippen LogP) is 1.33. The number of thioether (sulfide) groups is 1. The lowest BCUT2D eigenvalue weighted by molar-refractivity contribution is 0.0957. The minimum absolute atomic E-state index is 0.112. The molecule has 3 N–H and O–H groups in total. The van der Waals surface area contributed by atoms with Crippen molar-refractivity contribution in [3.8, 4) is 0 Å². The zero-order valence-corrected chi connectivity index (χ0v) is 11.0. The molecule has 92 valence electrons. The van der Waals surface area contributed by atoms with Crippen LogP contribution in [0, 0.1) is 6.92 Å². The van der Waals surface area contributed by atoms with Gasteiger partial charge in [-0.05, 0) is 18.6 Å². The van der Waals surface area contributed by atoms with Gasteiger partial charge in [0.15, 0.2) is 0 Å². The smallest absolute Gasteiger partial charge is 0.282 e. The van der Waals surface area contributed by atoms with Gasteiger partial charge in [-0.25, -0.2) is 5.84 Å². The van der Waals surface area contributed by atoms with Gasteiger partial charge < -0.3 is 4.90 Å². The number of nitrogen functional groups attached to an aromatic ring is 1. The number of carbonyl (C=O) groups is 2. The molecular formula is C10H13N3O2S2. The van der Waals surface area contributed by atoms with Crippen molar-refractivity contribution >= 4 is 34.2 Å². The van der Waals surface area contributed by atoms with Gasteiger partial charge in [0.05, 0.1) is 4.88 Å². The maximum absolute atomic E-state index is 11.5. The molecule has 2 heterocycles. The lowest BCUT2D eigenvalue weighted by Gasteiger charge is -2.13. The maximum Gasteiger partial charge on any atom is 0.282 e. The van der Waals surface area contributed by atoms with Crippen LogP contribution in [0.4, 0.5) is 4.79 Å². The average Bonchev–Trinajstić information content (AvgIpc) is 2.87. The molecule has 1 aromatic rings. The summed E-state index contributed by atoms with van der Waals surface area (Å²) in [5.41, 5.74) is 3.13. The second kappa shape index (κ2) is 5.07. The number of rotatable bonds is 3. The molecule has 0 aliphatic carbocycles. The third-order valence-electron chi connectivity index (χ3n) is 2.58. The topological polar surface area (TPSA) is 75.4 Å². The van der Waals surface area contributed by atoms with Gasteiger partial charge in [-0.15, -0.1) is 11.3 Å². The van der Waals surface area contributed by atoms with Gasteiger partial charge in [-0.2, -0.15) is 0 Å². The van der Waals surface area contributed by atoms with Crippen LogP contribution in [0.15, 0.2) is 6.07 Å². The monoisotopic (exact) mass is 271 g/mol. The van der Waals surface area contributed by atoms with Crippen molar-refractivity contribution in [3.63, 3.8) is 0 Å². The first-order valence-corrected chi connectivity index (χ1v) is 6.94. The summed E-state index contributed by atoms with van der Waals surface area (Å²) in [5, 5.41) is 0.112. The van der Waals surface area contributed by atoms with Gasteiger partial charge >= 0.3 is 0 Å². The Kier molecular flexibility index (Phi) is 3.70. The largest absolute Gasteiger partial charge is 0.328 e. The van der Waals surface area contributed by atoms with E-state index in [2.05, 4.69) is 5.43 Å². The molecule has 2 amide bonds. The van der Waals surface area contributed by atoms with Gasteiger partial charge in [0, 0.05) is 23.7 Å². The third kappa shape index (κ3) is 2.62. The summed E-state index contributed by atoms with van der Waals surface area (Å²) in [6.07, 6.45) is 0. The van der Waals surface area contributed by atoms with E-state index < -0.39 is 0 Å². The van der Waals surface area contributed by atoms with Crippen LogP contribution < -0.4 is 11.3 Å². The van der Waals surface area contributed by atoms with E-state index in [1.54, 1.807) is 11.0 Å². The van der Waals surface area contributed by atoms with Crippen molar-refractivity contribution < 1.29 is 9.59 Å². The van der Waals surface area contributed by atoms with Crippen LogP contribution in [-0.2, 0) is 6.54 Å². The van der Waals surface area contributed by atoms with Crippen LogP contribution in [0.2, 0.25) is 0 Å². The number of carbonyl (C=O) groups excluding carboxylic acids is 2.